The molecule has 2 fully saturated rings. The van der Waals surface area contributed by atoms with Crippen LogP contribution in [0.1, 0.15) is 136 Å². The lowest BCUT2D eigenvalue weighted by Crippen LogP contribution is -2.65. The number of nitrogens with one attached hydrogen (secondary N) is 1. The summed E-state index contributed by atoms with van der Waals surface area (Å²) in [7, 11) is 0. The molecular weight excluding hydrogens is 955 g/mol. The molecule has 0 radical (unpaired) electrons. The van der Waals surface area contributed by atoms with E-state index >= 15 is 0 Å². The maximum absolute atomic E-state index is 13.2. The van der Waals surface area contributed by atoms with Crippen molar-refractivity contribution in [1.82, 2.24) is 5.32 Å². The molecule has 2 rings (SSSR count). The van der Waals surface area contributed by atoms with Gasteiger partial charge in [0.05, 0.1) is 32.0 Å². The smallest absolute Gasteiger partial charge is 0.220 e. The number of aliphatic hydroxyl groups is 8. The molecule has 0 spiro atoms. The number of ether oxygens (including phenoxy) is 4. The number of rotatable bonds is 40. The molecule has 0 aromatic rings. The van der Waals surface area contributed by atoms with E-state index in [0.29, 0.717) is 12.8 Å². The van der Waals surface area contributed by atoms with Crippen molar-refractivity contribution in [2.75, 3.05) is 19.8 Å². The third-order valence-electron chi connectivity index (χ3n) is 12.2. The van der Waals surface area contributed by atoms with Crippen molar-refractivity contribution in [2.24, 2.45) is 0 Å². The Bertz CT molecular complexity index is 1810. The lowest BCUT2D eigenvalue weighted by atomic mass is 9.97. The predicted molar refractivity (Wildman–Crippen MR) is 299 cm³/mol. The van der Waals surface area contributed by atoms with E-state index in [1.807, 2.05) is 6.08 Å². The maximum Gasteiger partial charge on any atom is 0.220 e. The van der Waals surface area contributed by atoms with E-state index in [4.69, 9.17) is 18.9 Å². The summed E-state index contributed by atoms with van der Waals surface area (Å²) in [6, 6.07) is -0.965. The molecule has 0 saturated carbocycles. The van der Waals surface area contributed by atoms with Gasteiger partial charge < -0.3 is 65.1 Å². The predicted octanol–water partition coefficient (Wildman–Crippen LogP) is 8.60. The Hall–Kier alpha value is -4.13. The molecular formula is C61H95NO13. The molecule has 0 aromatic heterocycles. The van der Waals surface area contributed by atoms with Gasteiger partial charge in [-0.15, -0.1) is 0 Å². The van der Waals surface area contributed by atoms with Crippen molar-refractivity contribution >= 4 is 5.91 Å². The van der Waals surface area contributed by atoms with E-state index in [9.17, 15) is 45.6 Å². The third-order valence-corrected chi connectivity index (χ3v) is 12.2. The van der Waals surface area contributed by atoms with Gasteiger partial charge in [0.15, 0.2) is 12.6 Å². The quantitative estimate of drug-likeness (QED) is 0.0207. The first-order valence-corrected chi connectivity index (χ1v) is 27.6. The molecule has 2 saturated heterocycles. The van der Waals surface area contributed by atoms with E-state index in [0.717, 1.165) is 103 Å². The number of carbonyl (C=O) groups excluding carboxylic acids is 1. The van der Waals surface area contributed by atoms with Gasteiger partial charge in [0.2, 0.25) is 5.91 Å². The average Bonchev–Trinajstić information content (AvgIpc) is 3.41. The highest BCUT2D eigenvalue weighted by Crippen LogP contribution is 2.30. The molecule has 14 nitrogen and oxygen atoms in total. The average molecular weight is 1050 g/mol. The number of unbranched alkanes of at least 4 members (excludes halogenated alkanes) is 5. The first-order valence-electron chi connectivity index (χ1n) is 27.6. The summed E-state index contributed by atoms with van der Waals surface area (Å²) in [5.74, 6) is -0.297. The SMILES string of the molecule is CC/C=C\C/C=C\C/C=C\C/C=C\C/C=C\C/C=C\C/C=C\C/C=C\C/C=C\CCCCCC(=O)NC(COC1OC(CO)C(OC2OC(CO)C(O)C(O)C2O)C(O)C1O)C(O)/C=C/CC/C=C/CC/C=C/CC. The fourth-order valence-corrected chi connectivity index (χ4v) is 7.85. The Labute approximate surface area is 449 Å². The lowest BCUT2D eigenvalue weighted by molar-refractivity contribution is -0.359. The van der Waals surface area contributed by atoms with Crippen LogP contribution in [0.2, 0.25) is 0 Å². The summed E-state index contributed by atoms with van der Waals surface area (Å²) in [5, 5.41) is 86.6. The van der Waals surface area contributed by atoms with E-state index in [2.05, 4.69) is 153 Å². The van der Waals surface area contributed by atoms with Gasteiger partial charge in [0.1, 0.15) is 48.8 Å². The summed E-state index contributed by atoms with van der Waals surface area (Å²) >= 11 is 0. The van der Waals surface area contributed by atoms with Crippen LogP contribution in [0.4, 0.5) is 0 Å². The Morgan fingerprint density at radius 3 is 1.39 bits per heavy atom. The molecule has 12 atom stereocenters. The zero-order valence-electron chi connectivity index (χ0n) is 45.0. The summed E-state index contributed by atoms with van der Waals surface area (Å²) in [4.78, 5) is 13.2. The second kappa shape index (κ2) is 44.9. The summed E-state index contributed by atoms with van der Waals surface area (Å²) < 4.78 is 22.6. The first-order chi connectivity index (χ1) is 36.6. The second-order valence-electron chi connectivity index (χ2n) is 18.6. The second-order valence-corrected chi connectivity index (χ2v) is 18.6. The molecule has 0 bridgehead atoms. The van der Waals surface area contributed by atoms with E-state index < -0.39 is 86.8 Å². The normalized spacial score (nSPS) is 26.2. The molecule has 12 unspecified atom stereocenters. The van der Waals surface area contributed by atoms with Crippen molar-refractivity contribution in [3.8, 4) is 0 Å². The van der Waals surface area contributed by atoms with Crippen molar-refractivity contribution < 1.29 is 64.6 Å². The topological polar surface area (TPSA) is 228 Å². The van der Waals surface area contributed by atoms with Crippen LogP contribution < -0.4 is 5.32 Å². The minimum Gasteiger partial charge on any atom is -0.394 e. The number of hydrogen-bond donors (Lipinski definition) is 9. The Balaban J connectivity index is 1.74. The minimum absolute atomic E-state index is 0.218. The van der Waals surface area contributed by atoms with Crippen LogP contribution >= 0.6 is 0 Å². The highest BCUT2D eigenvalue weighted by atomic mass is 16.7. The molecule has 9 N–H and O–H groups in total. The molecule has 14 heteroatoms. The van der Waals surface area contributed by atoms with E-state index in [1.54, 1.807) is 6.08 Å². The lowest BCUT2D eigenvalue weighted by Gasteiger charge is -2.46. The zero-order valence-corrected chi connectivity index (χ0v) is 45.0. The van der Waals surface area contributed by atoms with Gasteiger partial charge in [0, 0.05) is 6.42 Å². The number of amides is 1. The molecule has 0 aromatic carbocycles. The molecule has 1 amide bonds. The van der Waals surface area contributed by atoms with Crippen molar-refractivity contribution in [3.05, 3.63) is 146 Å². The van der Waals surface area contributed by atoms with Gasteiger partial charge in [-0.25, -0.2) is 0 Å². The van der Waals surface area contributed by atoms with Crippen LogP contribution in [0.3, 0.4) is 0 Å². The van der Waals surface area contributed by atoms with Gasteiger partial charge in [-0.2, -0.15) is 0 Å². The van der Waals surface area contributed by atoms with Crippen LogP contribution in [0.15, 0.2) is 146 Å². The molecule has 2 heterocycles. The molecule has 2 aliphatic heterocycles. The maximum atomic E-state index is 13.2. The van der Waals surface area contributed by atoms with E-state index in [1.165, 1.54) is 0 Å². The monoisotopic (exact) mass is 1050 g/mol. The van der Waals surface area contributed by atoms with Crippen molar-refractivity contribution in [1.29, 1.82) is 0 Å². The van der Waals surface area contributed by atoms with Gasteiger partial charge in [-0.1, -0.05) is 166 Å². The van der Waals surface area contributed by atoms with Gasteiger partial charge >= 0.3 is 0 Å². The highest BCUT2D eigenvalue weighted by molar-refractivity contribution is 5.76. The Morgan fingerprint density at radius 2 is 0.893 bits per heavy atom. The number of allylic oxidation sites excluding steroid dienone is 23. The first kappa shape index (κ1) is 67.0. The van der Waals surface area contributed by atoms with Crippen LogP contribution in [0.25, 0.3) is 0 Å². The van der Waals surface area contributed by atoms with Crippen molar-refractivity contribution in [2.45, 2.75) is 209 Å². The molecule has 75 heavy (non-hydrogen) atoms. The van der Waals surface area contributed by atoms with Crippen molar-refractivity contribution in [3.63, 3.8) is 0 Å². The number of hydrogen-bond acceptors (Lipinski definition) is 13. The third kappa shape index (κ3) is 31.0. The van der Waals surface area contributed by atoms with Gasteiger partial charge in [0.25, 0.3) is 0 Å². The molecule has 0 aliphatic carbocycles. The Kier molecular flexibility index (Phi) is 40.1. The fourth-order valence-electron chi connectivity index (χ4n) is 7.85. The number of carbonyl (C=O) groups is 1. The zero-order chi connectivity index (χ0) is 54.6. The summed E-state index contributed by atoms with van der Waals surface area (Å²) in [5.41, 5.74) is 0. The van der Waals surface area contributed by atoms with Crippen LogP contribution in [0.5, 0.6) is 0 Å². The summed E-state index contributed by atoms with van der Waals surface area (Å²) in [6.45, 7) is 2.45. The minimum atomic E-state index is -1.80. The molecule has 422 valence electrons. The standard InChI is InChI=1S/C61H95NO13/c1-3-5-7-9-11-13-15-16-17-18-19-20-21-22-23-24-25-26-27-28-29-30-31-32-33-34-35-37-39-41-43-45-53(66)62-49(50(65)44-42-40-38-36-14-12-10-8-6-4-2)48-72-60-58(71)56(69)59(52(47-64)74-60)75-61-57(70)55(68)54(67)51(46-63)73-61/h5-8,11,13-14,16-17,19-20,22-23,25-26,28-29,31-32,34-36,42,44,49-52,54-61,63-65,67-71H,3-4,9-10,12,15,18,21,24,27,30,33,37-41,43,45-48H2,1-2H3,(H,62,66)/b7-5-,8-6+,13-11-,17-16-,20-19-,23-22-,26-25-,29-28-,32-31-,35-34-,36-14+,44-42+. The largest absolute Gasteiger partial charge is 0.394 e. The summed E-state index contributed by atoms with van der Waals surface area (Å²) in [6.07, 6.45) is 50.5. The van der Waals surface area contributed by atoms with E-state index in [-0.39, 0.29) is 18.9 Å². The van der Waals surface area contributed by atoms with Gasteiger partial charge in [-0.05, 0) is 109 Å². The number of aliphatic hydroxyl groups excluding tert-OH is 8. The highest BCUT2D eigenvalue weighted by Gasteiger charge is 2.51. The molecule has 2 aliphatic rings. The van der Waals surface area contributed by atoms with Crippen LogP contribution in [0, 0.1) is 0 Å². The van der Waals surface area contributed by atoms with Crippen LogP contribution in [-0.4, -0.2) is 140 Å². The Morgan fingerprint density at radius 1 is 0.480 bits per heavy atom. The van der Waals surface area contributed by atoms with Crippen LogP contribution in [-0.2, 0) is 23.7 Å². The fraction of sp³-hybridized carbons (Fsp3) is 0.590. The van der Waals surface area contributed by atoms with Gasteiger partial charge in [-0.3, -0.25) is 4.79 Å².